The fourth-order valence-corrected chi connectivity index (χ4v) is 2.25. The van der Waals surface area contributed by atoms with E-state index >= 15 is 0 Å². The molecule has 0 bridgehead atoms. The van der Waals surface area contributed by atoms with Gasteiger partial charge in [-0.25, -0.2) is 9.97 Å². The topological polar surface area (TPSA) is 25.8 Å². The quantitative estimate of drug-likeness (QED) is 0.624. The van der Waals surface area contributed by atoms with Gasteiger partial charge in [-0.3, -0.25) is 0 Å². The van der Waals surface area contributed by atoms with Gasteiger partial charge in [0.25, 0.3) is 0 Å². The van der Waals surface area contributed by atoms with Gasteiger partial charge in [0.05, 0.1) is 0 Å². The molecule has 0 aliphatic rings. The monoisotopic (exact) mass is 280 g/mol. The molecule has 110 valence electrons. The SMILES string of the molecule is CCCCCCCc1cnc(C=Cc2ccccc2)nc1. The number of unbranched alkanes of at least 4 members (excludes halogenated alkanes) is 4. The highest BCUT2D eigenvalue weighted by molar-refractivity contribution is 5.66. The molecule has 21 heavy (non-hydrogen) atoms. The van der Waals surface area contributed by atoms with Crippen molar-refractivity contribution in [3.8, 4) is 0 Å². The van der Waals surface area contributed by atoms with Gasteiger partial charge in [0.15, 0.2) is 5.82 Å². The molecule has 0 aliphatic heterocycles. The highest BCUT2D eigenvalue weighted by atomic mass is 14.8. The van der Waals surface area contributed by atoms with Crippen molar-refractivity contribution in [3.05, 3.63) is 59.7 Å². The molecule has 0 spiro atoms. The summed E-state index contributed by atoms with van der Waals surface area (Å²) in [5, 5.41) is 0. The van der Waals surface area contributed by atoms with Crippen molar-refractivity contribution in [1.29, 1.82) is 0 Å². The van der Waals surface area contributed by atoms with Gasteiger partial charge in [-0.15, -0.1) is 0 Å². The first kappa shape index (κ1) is 15.4. The van der Waals surface area contributed by atoms with E-state index in [-0.39, 0.29) is 0 Å². The number of aryl methyl sites for hydroxylation is 1. The van der Waals surface area contributed by atoms with Crippen LogP contribution in [-0.4, -0.2) is 9.97 Å². The van der Waals surface area contributed by atoms with Crippen molar-refractivity contribution in [3.63, 3.8) is 0 Å². The van der Waals surface area contributed by atoms with E-state index in [4.69, 9.17) is 0 Å². The Morgan fingerprint density at radius 3 is 2.29 bits per heavy atom. The van der Waals surface area contributed by atoms with Crippen LogP contribution in [0.1, 0.15) is 56.0 Å². The third-order valence-corrected chi connectivity index (χ3v) is 3.52. The maximum absolute atomic E-state index is 4.41. The van der Waals surface area contributed by atoms with Crippen LogP contribution in [0.5, 0.6) is 0 Å². The van der Waals surface area contributed by atoms with Crippen LogP contribution in [0.2, 0.25) is 0 Å². The number of hydrogen-bond acceptors (Lipinski definition) is 2. The minimum atomic E-state index is 0.772. The molecule has 1 heterocycles. The summed E-state index contributed by atoms with van der Waals surface area (Å²) in [4.78, 5) is 8.82. The average Bonchev–Trinajstić information content (AvgIpc) is 2.55. The molecule has 1 aromatic heterocycles. The first-order valence-corrected chi connectivity index (χ1v) is 7.92. The summed E-state index contributed by atoms with van der Waals surface area (Å²) in [5.41, 5.74) is 2.41. The van der Waals surface area contributed by atoms with Gasteiger partial charge in [-0.2, -0.15) is 0 Å². The van der Waals surface area contributed by atoms with Crippen molar-refractivity contribution in [1.82, 2.24) is 9.97 Å². The van der Waals surface area contributed by atoms with Gasteiger partial charge in [-0.05, 0) is 30.0 Å². The van der Waals surface area contributed by atoms with E-state index in [1.165, 1.54) is 43.2 Å². The summed E-state index contributed by atoms with van der Waals surface area (Å²) in [5.74, 6) is 0.772. The van der Waals surface area contributed by atoms with Crippen molar-refractivity contribution in [2.75, 3.05) is 0 Å². The van der Waals surface area contributed by atoms with E-state index in [2.05, 4.69) is 29.0 Å². The molecule has 0 radical (unpaired) electrons. The van der Waals surface area contributed by atoms with Crippen molar-refractivity contribution in [2.24, 2.45) is 0 Å². The maximum Gasteiger partial charge on any atom is 0.151 e. The van der Waals surface area contributed by atoms with Crippen LogP contribution in [0.4, 0.5) is 0 Å². The highest BCUT2D eigenvalue weighted by Crippen LogP contribution is 2.09. The van der Waals surface area contributed by atoms with Gasteiger partial charge >= 0.3 is 0 Å². The number of aromatic nitrogens is 2. The molecule has 2 nitrogen and oxygen atoms in total. The van der Waals surface area contributed by atoms with Crippen LogP contribution < -0.4 is 0 Å². The fourth-order valence-electron chi connectivity index (χ4n) is 2.25. The van der Waals surface area contributed by atoms with Crippen LogP contribution in [0.25, 0.3) is 12.2 Å². The zero-order valence-electron chi connectivity index (χ0n) is 12.8. The van der Waals surface area contributed by atoms with Gasteiger partial charge < -0.3 is 0 Å². The van der Waals surface area contributed by atoms with E-state index in [0.717, 1.165) is 12.2 Å². The Balaban J connectivity index is 1.80. The lowest BCUT2D eigenvalue weighted by Crippen LogP contribution is -1.92. The molecule has 0 unspecified atom stereocenters. The summed E-state index contributed by atoms with van der Waals surface area (Å²) < 4.78 is 0. The molecule has 0 atom stereocenters. The van der Waals surface area contributed by atoms with Crippen LogP contribution in [-0.2, 0) is 6.42 Å². The lowest BCUT2D eigenvalue weighted by molar-refractivity contribution is 0.631. The lowest BCUT2D eigenvalue weighted by Gasteiger charge is -2.01. The minimum Gasteiger partial charge on any atom is -0.237 e. The Kier molecular flexibility index (Phi) is 6.66. The van der Waals surface area contributed by atoms with E-state index < -0.39 is 0 Å². The first-order valence-electron chi connectivity index (χ1n) is 7.92. The second-order valence-corrected chi connectivity index (χ2v) is 5.36. The van der Waals surface area contributed by atoms with Crippen LogP contribution in [0, 0.1) is 0 Å². The second kappa shape index (κ2) is 9.06. The Hall–Kier alpha value is -1.96. The zero-order valence-corrected chi connectivity index (χ0v) is 12.8. The second-order valence-electron chi connectivity index (χ2n) is 5.36. The molecule has 0 saturated carbocycles. The number of benzene rings is 1. The summed E-state index contributed by atoms with van der Waals surface area (Å²) in [6, 6.07) is 10.2. The summed E-state index contributed by atoms with van der Waals surface area (Å²) in [6.07, 6.45) is 15.5. The van der Waals surface area contributed by atoms with Gasteiger partial charge in [0, 0.05) is 12.4 Å². The number of nitrogens with zero attached hydrogens (tertiary/aromatic N) is 2. The van der Waals surface area contributed by atoms with Crippen LogP contribution >= 0.6 is 0 Å². The molecule has 0 aliphatic carbocycles. The van der Waals surface area contributed by atoms with Gasteiger partial charge in [0.1, 0.15) is 0 Å². The summed E-state index contributed by atoms with van der Waals surface area (Å²) in [7, 11) is 0. The van der Waals surface area contributed by atoms with Crippen LogP contribution in [0.15, 0.2) is 42.7 Å². The molecule has 1 aromatic carbocycles. The summed E-state index contributed by atoms with van der Waals surface area (Å²) in [6.45, 7) is 2.25. The largest absolute Gasteiger partial charge is 0.237 e. The van der Waals surface area contributed by atoms with E-state index in [1.54, 1.807) is 0 Å². The molecule has 0 N–H and O–H groups in total. The number of hydrogen-bond donors (Lipinski definition) is 0. The third-order valence-electron chi connectivity index (χ3n) is 3.52. The molecule has 2 aromatic rings. The third kappa shape index (κ3) is 5.90. The molecular formula is C19H24N2. The number of rotatable bonds is 8. The Labute approximate surface area is 128 Å². The molecular weight excluding hydrogens is 256 g/mol. The molecule has 2 heteroatoms. The summed E-state index contributed by atoms with van der Waals surface area (Å²) >= 11 is 0. The van der Waals surface area contributed by atoms with E-state index in [0.29, 0.717) is 0 Å². The Morgan fingerprint density at radius 1 is 0.857 bits per heavy atom. The standard InChI is InChI=1S/C19H24N2/c1-2-3-4-5-7-12-18-15-20-19(21-16-18)14-13-17-10-8-6-9-11-17/h6,8-11,13-16H,2-5,7,12H2,1H3. The fraction of sp³-hybridized carbons (Fsp3) is 0.368. The van der Waals surface area contributed by atoms with Gasteiger partial charge in [-0.1, -0.05) is 69.0 Å². The molecule has 0 saturated heterocycles. The van der Waals surface area contributed by atoms with Crippen molar-refractivity contribution >= 4 is 12.2 Å². The van der Waals surface area contributed by atoms with Crippen LogP contribution in [0.3, 0.4) is 0 Å². The maximum atomic E-state index is 4.41. The first-order chi connectivity index (χ1) is 10.4. The van der Waals surface area contributed by atoms with Crippen molar-refractivity contribution in [2.45, 2.75) is 45.4 Å². The van der Waals surface area contributed by atoms with Crippen molar-refractivity contribution < 1.29 is 0 Å². The predicted molar refractivity (Wildman–Crippen MR) is 89.9 cm³/mol. The van der Waals surface area contributed by atoms with E-state index in [1.807, 2.05) is 42.7 Å². The van der Waals surface area contributed by atoms with Gasteiger partial charge in [0.2, 0.25) is 0 Å². The normalized spacial score (nSPS) is 11.1. The molecule has 2 rings (SSSR count). The minimum absolute atomic E-state index is 0.772. The predicted octanol–water partition coefficient (Wildman–Crippen LogP) is 5.16. The lowest BCUT2D eigenvalue weighted by atomic mass is 10.1. The smallest absolute Gasteiger partial charge is 0.151 e. The Bertz CT molecular complexity index is 529. The highest BCUT2D eigenvalue weighted by Gasteiger charge is 1.96. The van der Waals surface area contributed by atoms with E-state index in [9.17, 15) is 0 Å². The average molecular weight is 280 g/mol. The Morgan fingerprint density at radius 2 is 1.57 bits per heavy atom. The zero-order chi connectivity index (χ0) is 14.8. The molecule has 0 fully saturated rings. The molecule has 0 amide bonds.